The second-order valence-corrected chi connectivity index (χ2v) is 11.6. The fourth-order valence-electron chi connectivity index (χ4n) is 5.99. The number of nitrogens with two attached hydrogens (primary N) is 1. The number of unbranched alkanes of at least 4 members (excludes halogenated alkanes) is 1. The second-order valence-electron chi connectivity index (χ2n) is 11.6. The molecular formula is C36H47N3O2. The van der Waals surface area contributed by atoms with Gasteiger partial charge in [0.05, 0.1) is 6.04 Å². The first kappa shape index (κ1) is 30.5. The van der Waals surface area contributed by atoms with E-state index in [1.807, 2.05) is 52.3 Å². The molecule has 0 saturated carbocycles. The number of nitrogens with zero attached hydrogens (tertiary/aromatic N) is 2. The number of aryl methyl sites for hydroxylation is 1. The van der Waals surface area contributed by atoms with Crippen LogP contribution in [0.15, 0.2) is 78.9 Å². The van der Waals surface area contributed by atoms with Gasteiger partial charge in [-0.3, -0.25) is 9.59 Å². The van der Waals surface area contributed by atoms with E-state index >= 15 is 0 Å². The third kappa shape index (κ3) is 8.07. The number of rotatable bonds is 13. The van der Waals surface area contributed by atoms with E-state index in [2.05, 4.69) is 57.2 Å². The average molecular weight is 554 g/mol. The standard InChI is InChI=1S/C36H47N3O2/c1-4-6-13-29(5-2)34(37)36(41)39-24-10-14-33(39)26-38(25-23-28-11-8-7-9-12-28)35(40)32-21-19-31(20-22-32)30-17-15-27(3)16-18-30/h7-9,11-12,15-22,29,33-34H,4-6,10,13-14,23-26,37H2,1-3H3. The van der Waals surface area contributed by atoms with Crippen LogP contribution in [0.25, 0.3) is 11.1 Å². The molecule has 2 amide bonds. The first-order valence-corrected chi connectivity index (χ1v) is 15.5. The quantitative estimate of drug-likeness (QED) is 0.251. The van der Waals surface area contributed by atoms with Crippen LogP contribution in [0, 0.1) is 12.8 Å². The van der Waals surface area contributed by atoms with Crippen molar-refractivity contribution in [2.45, 2.75) is 77.8 Å². The molecule has 3 aromatic rings. The minimum Gasteiger partial charge on any atom is -0.337 e. The van der Waals surface area contributed by atoms with Crippen LogP contribution in [0.5, 0.6) is 0 Å². The highest BCUT2D eigenvalue weighted by atomic mass is 16.2. The van der Waals surface area contributed by atoms with Crippen molar-refractivity contribution in [1.29, 1.82) is 0 Å². The van der Waals surface area contributed by atoms with Gasteiger partial charge < -0.3 is 15.5 Å². The Kier molecular flexibility index (Phi) is 11.1. The van der Waals surface area contributed by atoms with Crippen LogP contribution in [0.4, 0.5) is 0 Å². The number of likely N-dealkylation sites (tertiary alicyclic amines) is 1. The van der Waals surface area contributed by atoms with Crippen LogP contribution in [0.2, 0.25) is 0 Å². The molecule has 1 aliphatic heterocycles. The summed E-state index contributed by atoms with van der Waals surface area (Å²) in [6, 6.07) is 26.1. The Morgan fingerprint density at radius 2 is 1.61 bits per heavy atom. The summed E-state index contributed by atoms with van der Waals surface area (Å²) in [6.45, 7) is 8.22. The predicted molar refractivity (Wildman–Crippen MR) is 169 cm³/mol. The molecule has 5 nitrogen and oxygen atoms in total. The largest absolute Gasteiger partial charge is 0.337 e. The lowest BCUT2D eigenvalue weighted by Crippen LogP contribution is -2.52. The molecule has 3 unspecified atom stereocenters. The van der Waals surface area contributed by atoms with Gasteiger partial charge in [0.15, 0.2) is 0 Å². The molecule has 1 saturated heterocycles. The maximum absolute atomic E-state index is 13.9. The zero-order valence-electron chi connectivity index (χ0n) is 25.1. The van der Waals surface area contributed by atoms with Crippen molar-refractivity contribution in [3.05, 3.63) is 95.6 Å². The van der Waals surface area contributed by atoms with Gasteiger partial charge in [-0.2, -0.15) is 0 Å². The van der Waals surface area contributed by atoms with E-state index in [1.165, 1.54) is 11.1 Å². The summed E-state index contributed by atoms with van der Waals surface area (Å²) in [6.07, 6.45) is 6.70. The van der Waals surface area contributed by atoms with Gasteiger partial charge in [0.2, 0.25) is 5.91 Å². The highest BCUT2D eigenvalue weighted by Gasteiger charge is 2.36. The van der Waals surface area contributed by atoms with Gasteiger partial charge in [-0.15, -0.1) is 0 Å². The highest BCUT2D eigenvalue weighted by molar-refractivity contribution is 5.95. The van der Waals surface area contributed by atoms with Gasteiger partial charge in [-0.1, -0.05) is 105 Å². The number of hydrogen-bond acceptors (Lipinski definition) is 3. The van der Waals surface area contributed by atoms with Gasteiger partial charge >= 0.3 is 0 Å². The molecule has 0 aliphatic carbocycles. The van der Waals surface area contributed by atoms with Crippen LogP contribution in [-0.2, 0) is 11.2 Å². The average Bonchev–Trinajstić information content (AvgIpc) is 3.48. The summed E-state index contributed by atoms with van der Waals surface area (Å²) >= 11 is 0. The summed E-state index contributed by atoms with van der Waals surface area (Å²) in [5.41, 5.74) is 11.9. The second kappa shape index (κ2) is 15.0. The summed E-state index contributed by atoms with van der Waals surface area (Å²) in [5, 5.41) is 0. The minimum absolute atomic E-state index is 0.00867. The molecular weight excluding hydrogens is 506 g/mol. The Balaban J connectivity index is 1.51. The SMILES string of the molecule is CCCCC(CC)C(N)C(=O)N1CCCC1CN(CCc1ccccc1)C(=O)c1ccc(-c2ccc(C)cc2)cc1. The zero-order valence-corrected chi connectivity index (χ0v) is 25.1. The first-order valence-electron chi connectivity index (χ1n) is 15.5. The molecule has 1 aliphatic rings. The van der Waals surface area contributed by atoms with E-state index in [0.29, 0.717) is 25.2 Å². The predicted octanol–water partition coefficient (Wildman–Crippen LogP) is 6.88. The molecule has 0 bridgehead atoms. The smallest absolute Gasteiger partial charge is 0.253 e. The van der Waals surface area contributed by atoms with E-state index in [-0.39, 0.29) is 23.8 Å². The molecule has 218 valence electrons. The number of hydrogen-bond donors (Lipinski definition) is 1. The molecule has 3 aromatic carbocycles. The summed E-state index contributed by atoms with van der Waals surface area (Å²) < 4.78 is 0. The normalized spacial score (nSPS) is 16.4. The maximum Gasteiger partial charge on any atom is 0.253 e. The van der Waals surface area contributed by atoms with E-state index < -0.39 is 6.04 Å². The highest BCUT2D eigenvalue weighted by Crippen LogP contribution is 2.25. The van der Waals surface area contributed by atoms with Gasteiger partial charge in [0.25, 0.3) is 5.91 Å². The number of carbonyl (C=O) groups excluding carboxylic acids is 2. The molecule has 0 radical (unpaired) electrons. The lowest BCUT2D eigenvalue weighted by molar-refractivity contribution is -0.135. The topological polar surface area (TPSA) is 66.6 Å². The molecule has 1 fully saturated rings. The molecule has 0 aromatic heterocycles. The third-order valence-corrected chi connectivity index (χ3v) is 8.65. The lowest BCUT2D eigenvalue weighted by Gasteiger charge is -2.34. The van der Waals surface area contributed by atoms with Crippen molar-refractivity contribution in [2.24, 2.45) is 11.7 Å². The fraction of sp³-hybridized carbons (Fsp3) is 0.444. The van der Waals surface area contributed by atoms with Crippen molar-refractivity contribution in [1.82, 2.24) is 9.80 Å². The minimum atomic E-state index is -0.477. The molecule has 3 atom stereocenters. The molecule has 41 heavy (non-hydrogen) atoms. The maximum atomic E-state index is 13.9. The van der Waals surface area contributed by atoms with Crippen LogP contribution >= 0.6 is 0 Å². The number of benzene rings is 3. The van der Waals surface area contributed by atoms with Gasteiger partial charge in [-0.05, 0) is 67.3 Å². The van der Waals surface area contributed by atoms with Crippen molar-refractivity contribution in [3.63, 3.8) is 0 Å². The third-order valence-electron chi connectivity index (χ3n) is 8.65. The van der Waals surface area contributed by atoms with Gasteiger partial charge in [0, 0.05) is 31.2 Å². The Morgan fingerprint density at radius 1 is 0.951 bits per heavy atom. The van der Waals surface area contributed by atoms with Crippen LogP contribution < -0.4 is 5.73 Å². The Labute approximate surface area is 246 Å². The van der Waals surface area contributed by atoms with Crippen molar-refractivity contribution < 1.29 is 9.59 Å². The van der Waals surface area contributed by atoms with Crippen LogP contribution in [0.1, 0.15) is 73.9 Å². The van der Waals surface area contributed by atoms with Crippen molar-refractivity contribution >= 4 is 11.8 Å². The van der Waals surface area contributed by atoms with Gasteiger partial charge in [0.1, 0.15) is 0 Å². The van der Waals surface area contributed by atoms with Crippen LogP contribution in [0.3, 0.4) is 0 Å². The fourth-order valence-corrected chi connectivity index (χ4v) is 5.99. The summed E-state index contributed by atoms with van der Waals surface area (Å²) in [5.74, 6) is 0.259. The summed E-state index contributed by atoms with van der Waals surface area (Å²) in [4.78, 5) is 31.5. The van der Waals surface area contributed by atoms with Crippen molar-refractivity contribution in [3.8, 4) is 11.1 Å². The van der Waals surface area contributed by atoms with E-state index in [9.17, 15) is 9.59 Å². The molecule has 0 spiro atoms. The Bertz CT molecular complexity index is 1240. The molecule has 1 heterocycles. The molecule has 5 heteroatoms. The first-order chi connectivity index (χ1) is 19.9. The zero-order chi connectivity index (χ0) is 29.2. The van der Waals surface area contributed by atoms with Gasteiger partial charge in [-0.25, -0.2) is 0 Å². The number of amides is 2. The Morgan fingerprint density at radius 3 is 2.24 bits per heavy atom. The Hall–Kier alpha value is -3.44. The monoisotopic (exact) mass is 553 g/mol. The number of carbonyl (C=O) groups is 2. The summed E-state index contributed by atoms with van der Waals surface area (Å²) in [7, 11) is 0. The molecule has 2 N–H and O–H groups in total. The van der Waals surface area contributed by atoms with Crippen molar-refractivity contribution in [2.75, 3.05) is 19.6 Å². The molecule has 4 rings (SSSR count). The lowest BCUT2D eigenvalue weighted by atomic mass is 9.91. The van der Waals surface area contributed by atoms with E-state index in [0.717, 1.165) is 56.1 Å². The van der Waals surface area contributed by atoms with E-state index in [4.69, 9.17) is 5.73 Å². The van der Waals surface area contributed by atoms with E-state index in [1.54, 1.807) is 0 Å². The van der Waals surface area contributed by atoms with Crippen LogP contribution in [-0.4, -0.2) is 53.3 Å².